The molecule has 3 heteroatoms. The molecule has 1 heterocycles. The number of imidazole rings is 1. The highest BCUT2D eigenvalue weighted by Gasteiger charge is 2.17. The van der Waals surface area contributed by atoms with Crippen LogP contribution in [0.2, 0.25) is 0 Å². The third-order valence-electron chi connectivity index (χ3n) is 3.99. The molecule has 1 aromatic rings. The predicted octanol–water partition coefficient (Wildman–Crippen LogP) is 3.10. The summed E-state index contributed by atoms with van der Waals surface area (Å²) in [5, 5.41) is 3.57. The lowest BCUT2D eigenvalue weighted by Crippen LogP contribution is -2.25. The number of nitrogens with one attached hydrogen (secondary N) is 1. The number of nitrogens with zero attached hydrogens (tertiary/aromatic N) is 2. The van der Waals surface area contributed by atoms with Gasteiger partial charge in [0, 0.05) is 18.8 Å². The largest absolute Gasteiger partial charge is 0.331 e. The van der Waals surface area contributed by atoms with Crippen molar-refractivity contribution in [2.75, 3.05) is 13.1 Å². The van der Waals surface area contributed by atoms with E-state index >= 15 is 0 Å². The summed E-state index contributed by atoms with van der Waals surface area (Å²) in [6, 6.07) is 0. The number of aromatic nitrogens is 2. The Morgan fingerprint density at radius 3 is 2.63 bits per heavy atom. The zero-order valence-electron chi connectivity index (χ0n) is 13.1. The van der Waals surface area contributed by atoms with Crippen molar-refractivity contribution in [2.45, 2.75) is 66.3 Å². The van der Waals surface area contributed by atoms with Gasteiger partial charge in [-0.3, -0.25) is 0 Å². The van der Waals surface area contributed by atoms with Crippen LogP contribution < -0.4 is 5.32 Å². The van der Waals surface area contributed by atoms with Crippen LogP contribution in [0, 0.1) is 12.3 Å². The maximum atomic E-state index is 4.72. The van der Waals surface area contributed by atoms with Crippen molar-refractivity contribution in [2.24, 2.45) is 5.41 Å². The lowest BCUT2D eigenvalue weighted by molar-refractivity contribution is 0.365. The zero-order chi connectivity index (χ0) is 13.9. The molecule has 1 N–H and O–H groups in total. The molecule has 1 aromatic heterocycles. The molecular formula is C16H29N3. The van der Waals surface area contributed by atoms with Crippen molar-refractivity contribution in [3.8, 4) is 0 Å². The molecule has 0 aromatic carbocycles. The van der Waals surface area contributed by atoms with Crippen LogP contribution in [0.25, 0.3) is 0 Å². The van der Waals surface area contributed by atoms with Gasteiger partial charge in [-0.25, -0.2) is 4.98 Å². The summed E-state index contributed by atoms with van der Waals surface area (Å²) in [6.45, 7) is 12.3. The molecule has 3 nitrogen and oxygen atoms in total. The van der Waals surface area contributed by atoms with E-state index < -0.39 is 0 Å². The smallest absolute Gasteiger partial charge is 0.106 e. The van der Waals surface area contributed by atoms with Gasteiger partial charge in [0.15, 0.2) is 0 Å². The summed E-state index contributed by atoms with van der Waals surface area (Å²) in [7, 11) is 0. The Balaban J connectivity index is 1.81. The molecule has 0 unspecified atom stereocenters. The van der Waals surface area contributed by atoms with Crippen LogP contribution in [-0.2, 0) is 19.4 Å². The predicted molar refractivity (Wildman–Crippen MR) is 80.5 cm³/mol. The van der Waals surface area contributed by atoms with Crippen molar-refractivity contribution in [1.29, 1.82) is 0 Å². The Morgan fingerprint density at radius 2 is 1.89 bits per heavy atom. The summed E-state index contributed by atoms with van der Waals surface area (Å²) in [5.74, 6) is 1.20. The van der Waals surface area contributed by atoms with E-state index in [1.165, 1.54) is 49.3 Å². The molecule has 0 bridgehead atoms. The number of fused-ring (bicyclic) bond motifs is 1. The number of hydrogen-bond donors (Lipinski definition) is 1. The number of aryl methyl sites for hydroxylation is 2. The summed E-state index contributed by atoms with van der Waals surface area (Å²) < 4.78 is 2.43. The van der Waals surface area contributed by atoms with E-state index in [-0.39, 0.29) is 0 Å². The van der Waals surface area contributed by atoms with E-state index in [0.29, 0.717) is 5.41 Å². The molecule has 19 heavy (non-hydrogen) atoms. The standard InChI is InChI=1S/C16H29N3/c1-13-18-14-7-5-6-8-15(14)19(13)12-11-17-10-9-16(2,3)4/h17H,5-12H2,1-4H3. The topological polar surface area (TPSA) is 29.9 Å². The molecule has 0 atom stereocenters. The maximum absolute atomic E-state index is 4.72. The van der Waals surface area contributed by atoms with Gasteiger partial charge >= 0.3 is 0 Å². The van der Waals surface area contributed by atoms with Gasteiger partial charge in [0.25, 0.3) is 0 Å². The highest BCUT2D eigenvalue weighted by atomic mass is 15.1. The van der Waals surface area contributed by atoms with Crippen molar-refractivity contribution in [3.63, 3.8) is 0 Å². The van der Waals surface area contributed by atoms with Crippen LogP contribution in [0.3, 0.4) is 0 Å². The van der Waals surface area contributed by atoms with Crippen molar-refractivity contribution in [1.82, 2.24) is 14.9 Å². The first kappa shape index (κ1) is 14.6. The Labute approximate surface area is 117 Å². The van der Waals surface area contributed by atoms with Crippen LogP contribution >= 0.6 is 0 Å². The molecule has 0 saturated heterocycles. The molecule has 0 saturated carbocycles. The number of hydrogen-bond acceptors (Lipinski definition) is 2. The van der Waals surface area contributed by atoms with Crippen LogP contribution in [0.5, 0.6) is 0 Å². The van der Waals surface area contributed by atoms with Crippen LogP contribution in [0.4, 0.5) is 0 Å². The van der Waals surface area contributed by atoms with E-state index in [0.717, 1.165) is 19.6 Å². The maximum Gasteiger partial charge on any atom is 0.106 e. The zero-order valence-corrected chi connectivity index (χ0v) is 13.1. The second-order valence-electron chi connectivity index (χ2n) is 6.97. The molecular weight excluding hydrogens is 234 g/mol. The highest BCUT2D eigenvalue weighted by molar-refractivity contribution is 5.19. The Morgan fingerprint density at radius 1 is 1.16 bits per heavy atom. The van der Waals surface area contributed by atoms with Crippen LogP contribution in [0.1, 0.15) is 57.2 Å². The van der Waals surface area contributed by atoms with E-state index in [4.69, 9.17) is 4.98 Å². The summed E-state index contributed by atoms with van der Waals surface area (Å²) in [4.78, 5) is 4.72. The third-order valence-corrected chi connectivity index (χ3v) is 3.99. The van der Waals surface area contributed by atoms with Gasteiger partial charge in [-0.2, -0.15) is 0 Å². The molecule has 0 aliphatic heterocycles. The average molecular weight is 263 g/mol. The second-order valence-corrected chi connectivity index (χ2v) is 6.97. The van der Waals surface area contributed by atoms with Gasteiger partial charge in [-0.1, -0.05) is 20.8 Å². The van der Waals surface area contributed by atoms with E-state index in [9.17, 15) is 0 Å². The summed E-state index contributed by atoms with van der Waals surface area (Å²) in [6.07, 6.45) is 6.27. The monoisotopic (exact) mass is 263 g/mol. The van der Waals surface area contributed by atoms with E-state index in [1.54, 1.807) is 0 Å². The summed E-state index contributed by atoms with van der Waals surface area (Å²) >= 11 is 0. The van der Waals surface area contributed by atoms with Gasteiger partial charge in [-0.05, 0) is 51.0 Å². The van der Waals surface area contributed by atoms with Gasteiger partial charge in [0.1, 0.15) is 5.82 Å². The fourth-order valence-electron chi connectivity index (χ4n) is 2.81. The lowest BCUT2D eigenvalue weighted by Gasteiger charge is -2.19. The molecule has 0 radical (unpaired) electrons. The molecule has 2 rings (SSSR count). The van der Waals surface area contributed by atoms with Crippen molar-refractivity contribution >= 4 is 0 Å². The molecule has 0 spiro atoms. The van der Waals surface area contributed by atoms with Crippen molar-refractivity contribution < 1.29 is 0 Å². The Bertz CT molecular complexity index is 412. The molecule has 0 amide bonds. The minimum absolute atomic E-state index is 0.428. The molecule has 0 fully saturated rings. The molecule has 1 aliphatic carbocycles. The third kappa shape index (κ3) is 4.07. The first-order chi connectivity index (χ1) is 8.97. The van der Waals surface area contributed by atoms with E-state index in [1.807, 2.05) is 0 Å². The molecule has 1 aliphatic rings. The van der Waals surface area contributed by atoms with Gasteiger partial charge in [0.2, 0.25) is 0 Å². The second kappa shape index (κ2) is 6.08. The van der Waals surface area contributed by atoms with Gasteiger partial charge in [0.05, 0.1) is 5.69 Å². The first-order valence-corrected chi connectivity index (χ1v) is 7.73. The minimum atomic E-state index is 0.428. The fourth-order valence-corrected chi connectivity index (χ4v) is 2.81. The SMILES string of the molecule is Cc1nc2c(n1CCNCCC(C)(C)C)CCCC2. The van der Waals surface area contributed by atoms with Crippen LogP contribution in [0.15, 0.2) is 0 Å². The minimum Gasteiger partial charge on any atom is -0.331 e. The highest BCUT2D eigenvalue weighted by Crippen LogP contribution is 2.21. The first-order valence-electron chi connectivity index (χ1n) is 7.73. The van der Waals surface area contributed by atoms with E-state index in [2.05, 4.69) is 37.6 Å². The van der Waals surface area contributed by atoms with Crippen molar-refractivity contribution in [3.05, 3.63) is 17.2 Å². The Kier molecular flexibility index (Phi) is 4.67. The Hall–Kier alpha value is -0.830. The fraction of sp³-hybridized carbons (Fsp3) is 0.812. The quantitative estimate of drug-likeness (QED) is 0.827. The number of rotatable bonds is 5. The van der Waals surface area contributed by atoms with Gasteiger partial charge < -0.3 is 9.88 Å². The van der Waals surface area contributed by atoms with Crippen LogP contribution in [-0.4, -0.2) is 22.6 Å². The molecule has 108 valence electrons. The van der Waals surface area contributed by atoms with Gasteiger partial charge in [-0.15, -0.1) is 0 Å². The normalized spacial score (nSPS) is 15.6. The summed E-state index contributed by atoms with van der Waals surface area (Å²) in [5.41, 5.74) is 3.29. The lowest BCUT2D eigenvalue weighted by atomic mass is 9.92. The average Bonchev–Trinajstić information content (AvgIpc) is 2.64.